The molecule has 0 aliphatic rings. The molecule has 3 nitrogen and oxygen atoms in total. The van der Waals surface area contributed by atoms with Crippen LogP contribution >= 0.6 is 0 Å². The molecule has 0 saturated heterocycles. The van der Waals surface area contributed by atoms with Gasteiger partial charge >= 0.3 is 0 Å². The molecule has 0 aromatic heterocycles. The number of rotatable bonds is 5. The van der Waals surface area contributed by atoms with Crippen molar-refractivity contribution in [3.63, 3.8) is 0 Å². The molecule has 2 N–H and O–H groups in total. The van der Waals surface area contributed by atoms with Crippen LogP contribution in [0.4, 0.5) is 0 Å². The van der Waals surface area contributed by atoms with Crippen molar-refractivity contribution in [2.24, 2.45) is 0 Å². The number of quaternary nitrogens is 1. The Bertz CT molecular complexity index is 78.2. The van der Waals surface area contributed by atoms with Gasteiger partial charge in [0.2, 0.25) is 0 Å². The van der Waals surface area contributed by atoms with Crippen molar-refractivity contribution in [3.8, 4) is 0 Å². The molecule has 0 saturated carbocycles. The van der Waals surface area contributed by atoms with E-state index in [0.29, 0.717) is 6.54 Å². The summed E-state index contributed by atoms with van der Waals surface area (Å²) >= 11 is 0. The van der Waals surface area contributed by atoms with Gasteiger partial charge in [0.1, 0.15) is 0 Å². The van der Waals surface area contributed by atoms with Gasteiger partial charge in [-0.1, -0.05) is 0 Å². The summed E-state index contributed by atoms with van der Waals surface area (Å²) in [6.07, 6.45) is 0. The lowest BCUT2D eigenvalue weighted by Gasteiger charge is -2.23. The molecule has 0 unspecified atom stereocenters. The van der Waals surface area contributed by atoms with E-state index >= 15 is 0 Å². The minimum atomic E-state index is 0.233. The summed E-state index contributed by atoms with van der Waals surface area (Å²) in [4.78, 5) is 0. The monoisotopic (exact) mass is 147 g/mol. The molecule has 0 aromatic carbocycles. The van der Waals surface area contributed by atoms with E-state index in [4.69, 9.17) is 5.11 Å². The van der Waals surface area contributed by atoms with Crippen molar-refractivity contribution in [1.82, 2.24) is 5.32 Å². The maximum absolute atomic E-state index is 8.43. The fourth-order valence-electron chi connectivity index (χ4n) is 0.619. The molecule has 62 valence electrons. The van der Waals surface area contributed by atoms with E-state index in [1.54, 1.807) is 0 Å². The minimum absolute atomic E-state index is 0.233. The molecule has 0 amide bonds. The Morgan fingerprint density at radius 1 is 1.20 bits per heavy atom. The Hall–Kier alpha value is -0.120. The second-order valence-corrected chi connectivity index (χ2v) is 3.49. The molecule has 0 heterocycles. The molecule has 0 aromatic rings. The first-order valence-corrected chi connectivity index (χ1v) is 3.68. The number of aliphatic hydroxyl groups is 1. The third-order valence-corrected chi connectivity index (χ3v) is 1.25. The first-order valence-electron chi connectivity index (χ1n) is 3.68. The number of nitrogens with one attached hydrogen (secondary N) is 1. The highest BCUT2D eigenvalue weighted by molar-refractivity contribution is 4.42. The van der Waals surface area contributed by atoms with Crippen molar-refractivity contribution in [2.75, 3.05) is 47.4 Å². The number of likely N-dealkylation sites (N-methyl/N-ethyl adjacent to an activating group) is 1. The molecule has 0 aliphatic heterocycles. The van der Waals surface area contributed by atoms with E-state index in [0.717, 1.165) is 17.6 Å². The summed E-state index contributed by atoms with van der Waals surface area (Å²) in [5.74, 6) is 0. The number of hydrogen-bond acceptors (Lipinski definition) is 2. The number of nitrogens with zero attached hydrogens (tertiary/aromatic N) is 1. The van der Waals surface area contributed by atoms with Crippen molar-refractivity contribution in [1.29, 1.82) is 0 Å². The quantitative estimate of drug-likeness (QED) is 0.397. The van der Waals surface area contributed by atoms with Crippen LogP contribution in [-0.4, -0.2) is 57.0 Å². The average Bonchev–Trinajstić information content (AvgIpc) is 1.78. The average molecular weight is 147 g/mol. The lowest BCUT2D eigenvalue weighted by Crippen LogP contribution is -2.40. The standard InChI is InChI=1S/C7H19N2O/c1-9(2,3)6-4-8-5-7-10/h8,10H,4-7H2,1-3H3/q+1. The second-order valence-electron chi connectivity index (χ2n) is 3.49. The Morgan fingerprint density at radius 2 is 1.80 bits per heavy atom. The number of hydrogen-bond donors (Lipinski definition) is 2. The Balaban J connectivity index is 3.04. The largest absolute Gasteiger partial charge is 0.395 e. The highest BCUT2D eigenvalue weighted by Crippen LogP contribution is 1.85. The van der Waals surface area contributed by atoms with Crippen molar-refractivity contribution < 1.29 is 9.59 Å². The summed E-state index contributed by atoms with van der Waals surface area (Å²) in [6.45, 7) is 3.02. The maximum atomic E-state index is 8.43. The minimum Gasteiger partial charge on any atom is -0.395 e. The molecule has 0 atom stereocenters. The normalized spacial score (nSPS) is 12.0. The molecule has 0 spiro atoms. The van der Waals surface area contributed by atoms with Gasteiger partial charge in [-0.05, 0) is 0 Å². The summed E-state index contributed by atoms with van der Waals surface area (Å²) in [5.41, 5.74) is 0. The second kappa shape index (κ2) is 4.66. The molecule has 0 aliphatic carbocycles. The van der Waals surface area contributed by atoms with Gasteiger partial charge in [0.25, 0.3) is 0 Å². The van der Waals surface area contributed by atoms with E-state index in [-0.39, 0.29) is 6.61 Å². The summed E-state index contributed by atoms with van der Waals surface area (Å²) in [7, 11) is 6.46. The van der Waals surface area contributed by atoms with Crippen LogP contribution in [-0.2, 0) is 0 Å². The molecule has 3 heteroatoms. The molecular weight excluding hydrogens is 128 g/mol. The summed E-state index contributed by atoms with van der Waals surface area (Å²) in [5, 5.41) is 11.6. The zero-order valence-corrected chi connectivity index (χ0v) is 7.22. The Morgan fingerprint density at radius 3 is 2.20 bits per heavy atom. The molecule has 0 rings (SSSR count). The van der Waals surface area contributed by atoms with Gasteiger partial charge in [0, 0.05) is 13.1 Å². The number of aliphatic hydroxyl groups excluding tert-OH is 1. The van der Waals surface area contributed by atoms with Gasteiger partial charge in [0.15, 0.2) is 0 Å². The van der Waals surface area contributed by atoms with Crippen molar-refractivity contribution in [3.05, 3.63) is 0 Å². The highest BCUT2D eigenvalue weighted by atomic mass is 16.3. The SMILES string of the molecule is C[N+](C)(C)CCNCCO. The third-order valence-electron chi connectivity index (χ3n) is 1.25. The zero-order chi connectivity index (χ0) is 8.04. The van der Waals surface area contributed by atoms with Gasteiger partial charge in [-0.15, -0.1) is 0 Å². The van der Waals surface area contributed by atoms with E-state index in [1.165, 1.54) is 0 Å². The van der Waals surface area contributed by atoms with Crippen LogP contribution < -0.4 is 5.32 Å². The topological polar surface area (TPSA) is 32.3 Å². The molecule has 0 bridgehead atoms. The predicted octanol–water partition coefficient (Wildman–Crippen LogP) is -0.725. The van der Waals surface area contributed by atoms with Crippen molar-refractivity contribution >= 4 is 0 Å². The Labute approximate surface area is 63.2 Å². The highest BCUT2D eigenvalue weighted by Gasteiger charge is 2.03. The van der Waals surface area contributed by atoms with Gasteiger partial charge in [-0.2, -0.15) is 0 Å². The van der Waals surface area contributed by atoms with Crippen LogP contribution in [0, 0.1) is 0 Å². The van der Waals surface area contributed by atoms with E-state index < -0.39 is 0 Å². The Kier molecular flexibility index (Phi) is 4.60. The van der Waals surface area contributed by atoms with E-state index in [2.05, 4.69) is 26.5 Å². The fourth-order valence-corrected chi connectivity index (χ4v) is 0.619. The summed E-state index contributed by atoms with van der Waals surface area (Å²) < 4.78 is 0.971. The van der Waals surface area contributed by atoms with Gasteiger partial charge in [-0.3, -0.25) is 0 Å². The zero-order valence-electron chi connectivity index (χ0n) is 7.22. The first-order chi connectivity index (χ1) is 4.56. The third kappa shape index (κ3) is 7.88. The van der Waals surface area contributed by atoms with Crippen LogP contribution in [0.5, 0.6) is 0 Å². The van der Waals surface area contributed by atoms with Gasteiger partial charge < -0.3 is 14.9 Å². The lowest BCUT2D eigenvalue weighted by molar-refractivity contribution is -0.869. The van der Waals surface area contributed by atoms with E-state index in [1.807, 2.05) is 0 Å². The smallest absolute Gasteiger partial charge is 0.0907 e. The summed E-state index contributed by atoms with van der Waals surface area (Å²) in [6, 6.07) is 0. The van der Waals surface area contributed by atoms with E-state index in [9.17, 15) is 0 Å². The molecule has 0 radical (unpaired) electrons. The fraction of sp³-hybridized carbons (Fsp3) is 1.00. The van der Waals surface area contributed by atoms with Crippen LogP contribution in [0.1, 0.15) is 0 Å². The predicted molar refractivity (Wildman–Crippen MR) is 42.9 cm³/mol. The molecule has 0 fully saturated rings. The first kappa shape index (κ1) is 9.88. The maximum Gasteiger partial charge on any atom is 0.0907 e. The molecular formula is C7H19N2O+. The van der Waals surface area contributed by atoms with Crippen LogP contribution in [0.25, 0.3) is 0 Å². The van der Waals surface area contributed by atoms with Crippen LogP contribution in [0.3, 0.4) is 0 Å². The lowest BCUT2D eigenvalue weighted by atomic mass is 10.5. The van der Waals surface area contributed by atoms with Crippen molar-refractivity contribution in [2.45, 2.75) is 0 Å². The van der Waals surface area contributed by atoms with Gasteiger partial charge in [-0.25, -0.2) is 0 Å². The van der Waals surface area contributed by atoms with Gasteiger partial charge in [0.05, 0.1) is 34.3 Å². The van der Waals surface area contributed by atoms with Crippen LogP contribution in [0.2, 0.25) is 0 Å². The van der Waals surface area contributed by atoms with Crippen LogP contribution in [0.15, 0.2) is 0 Å². The molecule has 10 heavy (non-hydrogen) atoms.